The average Bonchev–Trinajstić information content (AvgIpc) is 2.38. The number of halogens is 2. The lowest BCUT2D eigenvalue weighted by molar-refractivity contribution is 0.301. The van der Waals surface area contributed by atoms with Gasteiger partial charge in [-0.25, -0.2) is 8.42 Å². The molecule has 0 aromatic heterocycles. The maximum absolute atomic E-state index is 11.4. The van der Waals surface area contributed by atoms with E-state index in [1.54, 1.807) is 13.8 Å². The van der Waals surface area contributed by atoms with Gasteiger partial charge in [0.2, 0.25) is 0 Å². The summed E-state index contributed by atoms with van der Waals surface area (Å²) < 4.78 is 29.6. The summed E-state index contributed by atoms with van der Waals surface area (Å²) in [5.74, 6) is 0.682. The second kappa shape index (κ2) is 6.38. The summed E-state index contributed by atoms with van der Waals surface area (Å²) in [7, 11) is 1.64. The highest BCUT2D eigenvalue weighted by Crippen LogP contribution is 2.29. The van der Waals surface area contributed by atoms with E-state index in [1.807, 2.05) is 24.3 Å². The number of aryl methyl sites for hydroxylation is 2. The SMILES string of the molecule is Cc1cc(S(=O)(=O)Cl)cc(C)c1OCc1ccc(Br)cc1. The van der Waals surface area contributed by atoms with Crippen LogP contribution in [-0.4, -0.2) is 8.42 Å². The van der Waals surface area contributed by atoms with E-state index >= 15 is 0 Å². The Morgan fingerprint density at radius 1 is 1.10 bits per heavy atom. The Hall–Kier alpha value is -1.04. The minimum atomic E-state index is -3.72. The Morgan fingerprint density at radius 2 is 1.62 bits per heavy atom. The number of ether oxygens (including phenoxy) is 1. The second-order valence-electron chi connectivity index (χ2n) is 4.74. The first kappa shape index (κ1) is 16.3. The molecule has 0 N–H and O–H groups in total. The lowest BCUT2D eigenvalue weighted by Crippen LogP contribution is -2.01. The molecule has 6 heteroatoms. The standard InChI is InChI=1S/C15H14BrClO3S/c1-10-7-14(21(17,18)19)8-11(2)15(10)20-9-12-3-5-13(16)6-4-12/h3-8H,9H2,1-2H3. The van der Waals surface area contributed by atoms with E-state index in [9.17, 15) is 8.42 Å². The predicted molar refractivity (Wildman–Crippen MR) is 87.4 cm³/mol. The van der Waals surface area contributed by atoms with Crippen molar-refractivity contribution in [2.75, 3.05) is 0 Å². The third-order valence-corrected chi connectivity index (χ3v) is 4.87. The van der Waals surface area contributed by atoms with Crippen LogP contribution in [-0.2, 0) is 15.7 Å². The van der Waals surface area contributed by atoms with Crippen LogP contribution in [0.25, 0.3) is 0 Å². The van der Waals surface area contributed by atoms with Crippen molar-refractivity contribution >= 4 is 35.7 Å². The number of rotatable bonds is 4. The third kappa shape index (κ3) is 4.22. The van der Waals surface area contributed by atoms with Crippen LogP contribution in [0.1, 0.15) is 16.7 Å². The summed E-state index contributed by atoms with van der Waals surface area (Å²) in [6.07, 6.45) is 0. The zero-order chi connectivity index (χ0) is 15.6. The first-order valence-corrected chi connectivity index (χ1v) is 9.31. The van der Waals surface area contributed by atoms with E-state index in [-0.39, 0.29) is 4.90 Å². The highest BCUT2D eigenvalue weighted by Gasteiger charge is 2.14. The van der Waals surface area contributed by atoms with E-state index in [4.69, 9.17) is 15.4 Å². The molecule has 2 aromatic carbocycles. The molecule has 0 aliphatic carbocycles. The zero-order valence-corrected chi connectivity index (χ0v) is 14.7. The first-order valence-electron chi connectivity index (χ1n) is 6.20. The molecule has 0 bridgehead atoms. The minimum absolute atomic E-state index is 0.0927. The second-order valence-corrected chi connectivity index (χ2v) is 8.22. The van der Waals surface area contributed by atoms with Gasteiger partial charge in [-0.1, -0.05) is 28.1 Å². The summed E-state index contributed by atoms with van der Waals surface area (Å²) in [6, 6.07) is 10.9. The van der Waals surface area contributed by atoms with Crippen molar-refractivity contribution in [2.24, 2.45) is 0 Å². The first-order chi connectivity index (χ1) is 9.77. The van der Waals surface area contributed by atoms with E-state index < -0.39 is 9.05 Å². The lowest BCUT2D eigenvalue weighted by Gasteiger charge is -2.13. The Bertz CT molecular complexity index is 732. The van der Waals surface area contributed by atoms with Gasteiger partial charge >= 0.3 is 0 Å². The van der Waals surface area contributed by atoms with Gasteiger partial charge in [-0.3, -0.25) is 0 Å². The normalized spacial score (nSPS) is 11.4. The lowest BCUT2D eigenvalue weighted by atomic mass is 10.1. The van der Waals surface area contributed by atoms with Crippen molar-refractivity contribution in [3.05, 3.63) is 57.6 Å². The summed E-state index contributed by atoms with van der Waals surface area (Å²) >= 11 is 3.38. The van der Waals surface area contributed by atoms with Gasteiger partial charge in [-0.2, -0.15) is 0 Å². The van der Waals surface area contributed by atoms with Crippen LogP contribution in [0, 0.1) is 13.8 Å². The van der Waals surface area contributed by atoms with Crippen molar-refractivity contribution in [2.45, 2.75) is 25.3 Å². The van der Waals surface area contributed by atoms with Gasteiger partial charge in [0.1, 0.15) is 12.4 Å². The van der Waals surface area contributed by atoms with Gasteiger partial charge in [0.05, 0.1) is 4.90 Å². The van der Waals surface area contributed by atoms with Crippen molar-refractivity contribution < 1.29 is 13.2 Å². The Morgan fingerprint density at radius 3 is 2.10 bits per heavy atom. The van der Waals surface area contributed by atoms with E-state index in [2.05, 4.69) is 15.9 Å². The van der Waals surface area contributed by atoms with Gasteiger partial charge in [-0.05, 0) is 54.8 Å². The fourth-order valence-corrected chi connectivity index (χ4v) is 3.18. The maximum atomic E-state index is 11.4. The maximum Gasteiger partial charge on any atom is 0.261 e. The topological polar surface area (TPSA) is 43.4 Å². The quantitative estimate of drug-likeness (QED) is 0.719. The van der Waals surface area contributed by atoms with Crippen molar-refractivity contribution in [3.63, 3.8) is 0 Å². The van der Waals surface area contributed by atoms with Gasteiger partial charge in [0.15, 0.2) is 0 Å². The highest BCUT2D eigenvalue weighted by molar-refractivity contribution is 9.10. The minimum Gasteiger partial charge on any atom is -0.488 e. The van der Waals surface area contributed by atoms with Crippen LogP contribution < -0.4 is 4.74 Å². The molecule has 3 nitrogen and oxygen atoms in total. The molecule has 0 heterocycles. The van der Waals surface area contributed by atoms with Crippen LogP contribution in [0.3, 0.4) is 0 Å². The molecule has 21 heavy (non-hydrogen) atoms. The number of hydrogen-bond donors (Lipinski definition) is 0. The molecule has 0 unspecified atom stereocenters. The van der Waals surface area contributed by atoms with Crippen LogP contribution >= 0.6 is 26.6 Å². The predicted octanol–water partition coefficient (Wildman–Crippen LogP) is 4.57. The molecule has 0 aliphatic heterocycles. The number of hydrogen-bond acceptors (Lipinski definition) is 3. The molecule has 0 radical (unpaired) electrons. The molecule has 112 valence electrons. The van der Waals surface area contributed by atoms with E-state index in [0.29, 0.717) is 12.4 Å². The van der Waals surface area contributed by atoms with Gasteiger partial charge < -0.3 is 4.74 Å². The van der Waals surface area contributed by atoms with E-state index in [1.165, 1.54) is 12.1 Å². The Balaban J connectivity index is 2.23. The van der Waals surface area contributed by atoms with Crippen LogP contribution in [0.15, 0.2) is 45.8 Å². The fourth-order valence-electron chi connectivity index (χ4n) is 2.02. The highest BCUT2D eigenvalue weighted by atomic mass is 79.9. The molecule has 0 fully saturated rings. The van der Waals surface area contributed by atoms with Crippen molar-refractivity contribution in [1.82, 2.24) is 0 Å². The summed E-state index contributed by atoms with van der Waals surface area (Å²) in [4.78, 5) is 0.0927. The molecule has 0 saturated carbocycles. The van der Waals surface area contributed by atoms with Gasteiger partial charge in [0.25, 0.3) is 9.05 Å². The Labute approximate surface area is 137 Å². The fraction of sp³-hybridized carbons (Fsp3) is 0.200. The summed E-state index contributed by atoms with van der Waals surface area (Å²) in [6.45, 7) is 4.02. The van der Waals surface area contributed by atoms with Gasteiger partial charge in [-0.15, -0.1) is 0 Å². The summed E-state index contributed by atoms with van der Waals surface area (Å²) in [5.41, 5.74) is 2.52. The summed E-state index contributed by atoms with van der Waals surface area (Å²) in [5, 5.41) is 0. The van der Waals surface area contributed by atoms with Crippen molar-refractivity contribution in [1.29, 1.82) is 0 Å². The van der Waals surface area contributed by atoms with E-state index in [0.717, 1.165) is 21.2 Å². The van der Waals surface area contributed by atoms with Crippen LogP contribution in [0.4, 0.5) is 0 Å². The molecule has 0 aliphatic rings. The molecule has 0 atom stereocenters. The van der Waals surface area contributed by atoms with Crippen molar-refractivity contribution in [3.8, 4) is 5.75 Å². The largest absolute Gasteiger partial charge is 0.488 e. The zero-order valence-electron chi connectivity index (χ0n) is 11.6. The van der Waals surface area contributed by atoms with Crippen LogP contribution in [0.2, 0.25) is 0 Å². The monoisotopic (exact) mass is 388 g/mol. The average molecular weight is 390 g/mol. The Kier molecular flexibility index (Phi) is 4.96. The third-order valence-electron chi connectivity index (χ3n) is 3.01. The van der Waals surface area contributed by atoms with Gasteiger partial charge in [0, 0.05) is 15.2 Å². The molecular weight excluding hydrogens is 376 g/mol. The van der Waals surface area contributed by atoms with Crippen LogP contribution in [0.5, 0.6) is 5.75 Å². The molecule has 0 saturated heterocycles. The number of benzene rings is 2. The molecule has 2 rings (SSSR count). The molecule has 0 spiro atoms. The molecular formula is C15H14BrClO3S. The molecule has 0 amide bonds. The molecule has 2 aromatic rings. The smallest absolute Gasteiger partial charge is 0.261 e.